The molecule has 11 heteroatoms. The first-order valence-corrected chi connectivity index (χ1v) is 23.2. The molecule has 3 N–H and O–H groups in total. The number of nitrogens with two attached hydrogens (primary N) is 1. The maximum absolute atomic E-state index is 12.6. The topological polar surface area (TPSA) is 151 Å². The summed E-state index contributed by atoms with van der Waals surface area (Å²) in [4.78, 5) is 47.0. The number of carbonyl (C=O) groups is 3. The lowest BCUT2D eigenvalue weighted by Crippen LogP contribution is -2.29. The molecule has 0 aliphatic carbocycles. The van der Waals surface area contributed by atoms with Crippen molar-refractivity contribution in [1.29, 1.82) is 0 Å². The third-order valence-corrected chi connectivity index (χ3v) is 9.84. The van der Waals surface area contributed by atoms with E-state index in [0.717, 1.165) is 44.9 Å². The van der Waals surface area contributed by atoms with Crippen LogP contribution in [-0.4, -0.2) is 55.1 Å². The van der Waals surface area contributed by atoms with Gasteiger partial charge in [0.1, 0.15) is 6.61 Å². The van der Waals surface area contributed by atoms with E-state index < -0.39 is 32.5 Å². The van der Waals surface area contributed by atoms with Crippen LogP contribution < -0.4 is 5.73 Å². The van der Waals surface area contributed by atoms with Gasteiger partial charge in [-0.2, -0.15) is 0 Å². The Morgan fingerprint density at radius 2 is 1.11 bits per heavy atom. The molecule has 0 spiro atoms. The fraction of sp³-hybridized carbons (Fsp3) is 0.711. The van der Waals surface area contributed by atoms with Crippen LogP contribution in [0.5, 0.6) is 0 Å². The molecule has 0 aliphatic rings. The summed E-state index contributed by atoms with van der Waals surface area (Å²) in [7, 11) is -4.43. The highest BCUT2D eigenvalue weighted by molar-refractivity contribution is 7.47. The highest BCUT2D eigenvalue weighted by Gasteiger charge is 2.26. The third-order valence-electron chi connectivity index (χ3n) is 8.85. The van der Waals surface area contributed by atoms with Gasteiger partial charge in [-0.05, 0) is 70.3 Å². The molecule has 0 aromatic carbocycles. The molecule has 0 heterocycles. The molecule has 0 bridgehead atoms. The van der Waals surface area contributed by atoms with Gasteiger partial charge in [0.15, 0.2) is 11.9 Å². The predicted octanol–water partition coefficient (Wildman–Crippen LogP) is 11.7. The van der Waals surface area contributed by atoms with Gasteiger partial charge in [-0.1, -0.05) is 146 Å². The predicted molar refractivity (Wildman–Crippen MR) is 229 cm³/mol. The Morgan fingerprint density at radius 1 is 0.589 bits per heavy atom. The molecule has 322 valence electrons. The quantitative estimate of drug-likeness (QED) is 0.0153. The molecule has 56 heavy (non-hydrogen) atoms. The molecule has 0 fully saturated rings. The lowest BCUT2D eigenvalue weighted by molar-refractivity contribution is -0.161. The largest absolute Gasteiger partial charge is 0.472 e. The Kier molecular flexibility index (Phi) is 38.7. The summed E-state index contributed by atoms with van der Waals surface area (Å²) in [6, 6.07) is 0. The lowest BCUT2D eigenvalue weighted by atomic mass is 10.1. The van der Waals surface area contributed by atoms with Crippen LogP contribution in [0.4, 0.5) is 0 Å². The first kappa shape index (κ1) is 53.4. The molecular formula is C45H78NO9P. The lowest BCUT2D eigenvalue weighted by Gasteiger charge is -2.19. The molecule has 0 amide bonds. The van der Waals surface area contributed by atoms with Crippen LogP contribution in [0.25, 0.3) is 0 Å². The van der Waals surface area contributed by atoms with Crippen LogP contribution in [0.15, 0.2) is 60.8 Å². The van der Waals surface area contributed by atoms with Gasteiger partial charge in [-0.3, -0.25) is 23.4 Å². The fourth-order valence-corrected chi connectivity index (χ4v) is 6.35. The molecule has 0 aromatic rings. The van der Waals surface area contributed by atoms with Crippen LogP contribution in [0, 0.1) is 0 Å². The number of phosphoric ester groups is 1. The Morgan fingerprint density at radius 3 is 1.75 bits per heavy atom. The van der Waals surface area contributed by atoms with E-state index in [1.165, 1.54) is 89.5 Å². The van der Waals surface area contributed by atoms with Crippen molar-refractivity contribution in [3.63, 3.8) is 0 Å². The Bertz CT molecular complexity index is 1160. The number of rotatable bonds is 40. The van der Waals surface area contributed by atoms with Gasteiger partial charge in [0, 0.05) is 25.8 Å². The van der Waals surface area contributed by atoms with Crippen molar-refractivity contribution in [2.75, 3.05) is 26.4 Å². The molecule has 0 aliphatic heterocycles. The van der Waals surface area contributed by atoms with E-state index in [-0.39, 0.29) is 51.2 Å². The molecule has 0 rings (SSSR count). The molecule has 1 unspecified atom stereocenters. The number of esters is 2. The highest BCUT2D eigenvalue weighted by Crippen LogP contribution is 2.43. The third kappa shape index (κ3) is 39.6. The zero-order valence-corrected chi connectivity index (χ0v) is 36.0. The van der Waals surface area contributed by atoms with E-state index in [0.29, 0.717) is 6.42 Å². The van der Waals surface area contributed by atoms with Crippen molar-refractivity contribution in [2.24, 2.45) is 5.73 Å². The normalized spacial score (nSPS) is 13.8. The monoisotopic (exact) mass is 808 g/mol. The average molecular weight is 808 g/mol. The minimum atomic E-state index is -4.43. The number of ether oxygens (including phenoxy) is 2. The van der Waals surface area contributed by atoms with Gasteiger partial charge in [0.2, 0.25) is 0 Å². The van der Waals surface area contributed by atoms with Crippen LogP contribution in [-0.2, 0) is 37.5 Å². The molecule has 0 saturated heterocycles. The van der Waals surface area contributed by atoms with Crippen LogP contribution in [0.3, 0.4) is 0 Å². The molecule has 10 nitrogen and oxygen atoms in total. The summed E-state index contributed by atoms with van der Waals surface area (Å²) in [5, 5.41) is 0. The van der Waals surface area contributed by atoms with Crippen molar-refractivity contribution >= 4 is 25.5 Å². The van der Waals surface area contributed by atoms with Gasteiger partial charge < -0.3 is 20.1 Å². The van der Waals surface area contributed by atoms with Gasteiger partial charge in [0.25, 0.3) is 0 Å². The van der Waals surface area contributed by atoms with Crippen molar-refractivity contribution in [1.82, 2.24) is 0 Å². The summed E-state index contributed by atoms with van der Waals surface area (Å²) in [5.74, 6) is -1.20. The summed E-state index contributed by atoms with van der Waals surface area (Å²) < 4.78 is 32.6. The van der Waals surface area contributed by atoms with Crippen LogP contribution in [0.1, 0.15) is 174 Å². The van der Waals surface area contributed by atoms with E-state index in [1.54, 1.807) is 6.08 Å². The summed E-state index contributed by atoms with van der Waals surface area (Å²) in [6.07, 6.45) is 44.0. The summed E-state index contributed by atoms with van der Waals surface area (Å²) in [5.41, 5.74) is 5.33. The number of carbonyl (C=O) groups excluding carboxylic acids is 3. The number of hydrogen-bond donors (Lipinski definition) is 2. The first-order valence-electron chi connectivity index (χ1n) is 21.7. The van der Waals surface area contributed by atoms with E-state index in [2.05, 4.69) is 50.3 Å². The maximum Gasteiger partial charge on any atom is 0.472 e. The van der Waals surface area contributed by atoms with E-state index >= 15 is 0 Å². The number of ketones is 1. The number of phosphoric acid groups is 1. The minimum Gasteiger partial charge on any atom is -0.462 e. The highest BCUT2D eigenvalue weighted by atomic mass is 31.2. The second kappa shape index (κ2) is 40.6. The van der Waals surface area contributed by atoms with Crippen LogP contribution >= 0.6 is 7.82 Å². The molecule has 0 radical (unpaired) electrons. The fourth-order valence-electron chi connectivity index (χ4n) is 5.58. The van der Waals surface area contributed by atoms with Crippen molar-refractivity contribution < 1.29 is 42.4 Å². The van der Waals surface area contributed by atoms with Crippen molar-refractivity contribution in [3.05, 3.63) is 60.8 Å². The SMILES string of the molecule is CCCCC/C=C\C/C=C\C/C=C\C=C\C(=O)CCCC(=O)OC[C@H](COP(=O)(O)OCCN)OC(=O)CCCCCCCCC/C=C\CCCCCCCC. The molecular weight excluding hydrogens is 729 g/mol. The van der Waals surface area contributed by atoms with Crippen molar-refractivity contribution in [2.45, 2.75) is 180 Å². The number of allylic oxidation sites excluding steroid dienone is 10. The molecule has 0 aromatic heterocycles. The van der Waals surface area contributed by atoms with E-state index in [9.17, 15) is 23.8 Å². The average Bonchev–Trinajstić information content (AvgIpc) is 3.18. The molecule has 2 atom stereocenters. The van der Waals surface area contributed by atoms with Gasteiger partial charge >= 0.3 is 19.8 Å². The summed E-state index contributed by atoms with van der Waals surface area (Å²) in [6.45, 7) is 3.41. The molecule has 0 saturated carbocycles. The van der Waals surface area contributed by atoms with Gasteiger partial charge in [-0.25, -0.2) is 4.57 Å². The van der Waals surface area contributed by atoms with Gasteiger partial charge in [0.05, 0.1) is 13.2 Å². The Balaban J connectivity index is 4.36. The summed E-state index contributed by atoms with van der Waals surface area (Å²) >= 11 is 0. The standard InChI is InChI=1S/C45H78NO9P/c1-3-5-7-9-11-13-15-17-18-19-20-22-24-26-28-30-32-36-45(49)55-43(41-54-56(50,51)53-39-38-46)40-52-44(48)37-33-35-42(47)34-31-29-27-25-23-21-16-14-12-10-8-6-4-2/h12,14,17-18,21,23,27,29,31,34,43H,3-11,13,15-16,19-20,22,24-26,28,30,32-33,35-41,46H2,1-2H3,(H,50,51)/b14-12-,18-17-,23-21-,29-27-,34-31+/t43-/m1/s1. The smallest absolute Gasteiger partial charge is 0.462 e. The van der Waals surface area contributed by atoms with E-state index in [1.807, 2.05) is 12.2 Å². The minimum absolute atomic E-state index is 0.0111. The van der Waals surface area contributed by atoms with E-state index in [4.69, 9.17) is 24.3 Å². The van der Waals surface area contributed by atoms with Crippen molar-refractivity contribution in [3.8, 4) is 0 Å². The van der Waals surface area contributed by atoms with Gasteiger partial charge in [-0.15, -0.1) is 0 Å². The Hall–Kier alpha value is -2.62. The van der Waals surface area contributed by atoms with Crippen LogP contribution in [0.2, 0.25) is 0 Å². The maximum atomic E-state index is 12.6. The number of hydrogen-bond acceptors (Lipinski definition) is 9. The second-order valence-corrected chi connectivity index (χ2v) is 15.7. The second-order valence-electron chi connectivity index (χ2n) is 14.2. The zero-order valence-electron chi connectivity index (χ0n) is 35.1. The number of unbranched alkanes of at least 4 members (excludes halogenated alkanes) is 16. The Labute approximate surface area is 340 Å². The first-order chi connectivity index (χ1) is 27.2. The zero-order chi connectivity index (χ0) is 41.2.